The van der Waals surface area contributed by atoms with Crippen molar-refractivity contribution in [2.45, 2.75) is 40.0 Å². The minimum atomic E-state index is 0.587. The van der Waals surface area contributed by atoms with Gasteiger partial charge in [-0.1, -0.05) is 18.6 Å². The van der Waals surface area contributed by atoms with E-state index in [1.807, 2.05) is 0 Å². The van der Waals surface area contributed by atoms with Gasteiger partial charge in [-0.25, -0.2) is 0 Å². The summed E-state index contributed by atoms with van der Waals surface area (Å²) in [4.78, 5) is 0. The summed E-state index contributed by atoms with van der Waals surface area (Å²) in [6, 6.07) is 0. The second-order valence-electron chi connectivity index (χ2n) is 4.00. The third-order valence-electron chi connectivity index (χ3n) is 2.45. The Hall–Kier alpha value is -0.720. The van der Waals surface area contributed by atoms with E-state index in [1.54, 1.807) is 0 Å². The van der Waals surface area contributed by atoms with E-state index < -0.39 is 0 Å². The van der Waals surface area contributed by atoms with Gasteiger partial charge < -0.3 is 5.73 Å². The molecule has 0 aliphatic heterocycles. The predicted octanol–water partition coefficient (Wildman–Crippen LogP) is 2.99. The third kappa shape index (κ3) is 2.13. The Bertz CT molecular complexity index is 219. The molecule has 0 heterocycles. The molecule has 0 aromatic rings. The van der Waals surface area contributed by atoms with E-state index in [0.29, 0.717) is 5.92 Å². The van der Waals surface area contributed by atoms with E-state index >= 15 is 0 Å². The molecule has 68 valence electrons. The lowest BCUT2D eigenvalue weighted by molar-refractivity contribution is 0.535. The van der Waals surface area contributed by atoms with Crippen LogP contribution in [-0.4, -0.2) is 0 Å². The fourth-order valence-corrected chi connectivity index (χ4v) is 1.72. The lowest BCUT2D eigenvalue weighted by atomic mass is 9.88. The maximum Gasteiger partial charge on any atom is 0.0142 e. The van der Waals surface area contributed by atoms with Gasteiger partial charge in [0.2, 0.25) is 0 Å². The molecule has 0 aromatic heterocycles. The van der Waals surface area contributed by atoms with Crippen molar-refractivity contribution in [3.63, 3.8) is 0 Å². The quantitative estimate of drug-likeness (QED) is 0.635. The highest BCUT2D eigenvalue weighted by molar-refractivity contribution is 5.29. The van der Waals surface area contributed by atoms with Crippen LogP contribution in [0.3, 0.4) is 0 Å². The number of hydrogen-bond donors (Lipinski definition) is 1. The van der Waals surface area contributed by atoms with Crippen molar-refractivity contribution in [1.29, 1.82) is 0 Å². The fourth-order valence-electron chi connectivity index (χ4n) is 1.72. The molecule has 1 heteroatoms. The molecule has 0 radical (unpaired) electrons. The van der Waals surface area contributed by atoms with E-state index in [9.17, 15) is 0 Å². The summed E-state index contributed by atoms with van der Waals surface area (Å²) in [5.74, 6) is 0.587. The summed E-state index contributed by atoms with van der Waals surface area (Å²) >= 11 is 0. The van der Waals surface area contributed by atoms with Gasteiger partial charge in [-0.3, -0.25) is 0 Å². The molecule has 1 aliphatic rings. The lowest BCUT2D eigenvalue weighted by Crippen LogP contribution is -2.15. The summed E-state index contributed by atoms with van der Waals surface area (Å²) in [5.41, 5.74) is 9.84. The molecule has 1 nitrogen and oxygen atoms in total. The Morgan fingerprint density at radius 2 is 2.17 bits per heavy atom. The van der Waals surface area contributed by atoms with Crippen LogP contribution < -0.4 is 5.73 Å². The summed E-state index contributed by atoms with van der Waals surface area (Å²) in [7, 11) is 0. The van der Waals surface area contributed by atoms with Crippen molar-refractivity contribution in [2.24, 2.45) is 11.7 Å². The van der Waals surface area contributed by atoms with Crippen molar-refractivity contribution in [2.75, 3.05) is 0 Å². The summed E-state index contributed by atoms with van der Waals surface area (Å²) in [5, 5.41) is 0. The number of hydrogen-bond acceptors (Lipinski definition) is 1. The van der Waals surface area contributed by atoms with Crippen LogP contribution in [-0.2, 0) is 0 Å². The van der Waals surface area contributed by atoms with Crippen molar-refractivity contribution in [3.05, 3.63) is 22.9 Å². The first-order valence-electron chi connectivity index (χ1n) is 4.74. The van der Waals surface area contributed by atoms with Gasteiger partial charge in [-0.05, 0) is 44.6 Å². The molecule has 0 spiro atoms. The molecule has 0 saturated carbocycles. The van der Waals surface area contributed by atoms with Gasteiger partial charge in [0.1, 0.15) is 0 Å². The Balaban J connectivity index is 2.86. The van der Waals surface area contributed by atoms with E-state index in [4.69, 9.17) is 5.73 Å². The highest BCUT2D eigenvalue weighted by Gasteiger charge is 2.14. The van der Waals surface area contributed by atoms with Gasteiger partial charge in [-0.15, -0.1) is 0 Å². The summed E-state index contributed by atoms with van der Waals surface area (Å²) in [6.45, 7) is 6.46. The average molecular weight is 165 g/mol. The molecule has 1 rings (SSSR count). The molecule has 0 aromatic carbocycles. The highest BCUT2D eigenvalue weighted by Crippen LogP contribution is 2.27. The van der Waals surface area contributed by atoms with Crippen molar-refractivity contribution in [3.8, 4) is 0 Å². The molecule has 0 fully saturated rings. The van der Waals surface area contributed by atoms with Crippen LogP contribution in [0.5, 0.6) is 0 Å². The molecule has 1 atom stereocenters. The zero-order valence-electron chi connectivity index (χ0n) is 8.35. The smallest absolute Gasteiger partial charge is 0.0142 e. The van der Waals surface area contributed by atoms with Crippen LogP contribution in [0, 0.1) is 5.92 Å². The molecule has 1 unspecified atom stereocenters. The second-order valence-corrected chi connectivity index (χ2v) is 4.00. The standard InChI is InChI=1S/C11H19N/c1-8(2)7-10-6-4-5-9(3)11(10)12/h7,9H,4-6,12H2,1-3H3. The SMILES string of the molecule is CC(C)=CC1=C(N)C(C)CCC1. The molecular formula is C11H19N. The van der Waals surface area contributed by atoms with Crippen LogP contribution >= 0.6 is 0 Å². The van der Waals surface area contributed by atoms with E-state index in [2.05, 4.69) is 26.8 Å². The normalized spacial score (nSPS) is 24.1. The van der Waals surface area contributed by atoms with Gasteiger partial charge >= 0.3 is 0 Å². The van der Waals surface area contributed by atoms with Gasteiger partial charge in [0.25, 0.3) is 0 Å². The Labute approximate surface area is 75.3 Å². The lowest BCUT2D eigenvalue weighted by Gasteiger charge is -2.21. The van der Waals surface area contributed by atoms with Crippen LogP contribution in [0.2, 0.25) is 0 Å². The van der Waals surface area contributed by atoms with Crippen molar-refractivity contribution in [1.82, 2.24) is 0 Å². The van der Waals surface area contributed by atoms with Crippen LogP contribution in [0.25, 0.3) is 0 Å². The maximum atomic E-state index is 6.01. The van der Waals surface area contributed by atoms with Gasteiger partial charge in [-0.2, -0.15) is 0 Å². The number of rotatable bonds is 1. The minimum absolute atomic E-state index is 0.587. The first-order valence-corrected chi connectivity index (χ1v) is 4.74. The first kappa shape index (κ1) is 9.37. The Kier molecular flexibility index (Phi) is 2.96. The molecule has 12 heavy (non-hydrogen) atoms. The molecule has 0 bridgehead atoms. The first-order chi connectivity index (χ1) is 5.61. The molecule has 2 N–H and O–H groups in total. The molecule has 0 amide bonds. The van der Waals surface area contributed by atoms with Crippen molar-refractivity contribution >= 4 is 0 Å². The van der Waals surface area contributed by atoms with Crippen molar-refractivity contribution < 1.29 is 0 Å². The number of nitrogens with two attached hydrogens (primary N) is 1. The van der Waals surface area contributed by atoms with Gasteiger partial charge in [0, 0.05) is 5.70 Å². The van der Waals surface area contributed by atoms with Crippen LogP contribution in [0.1, 0.15) is 40.0 Å². The Morgan fingerprint density at radius 3 is 2.75 bits per heavy atom. The zero-order valence-corrected chi connectivity index (χ0v) is 8.35. The number of allylic oxidation sites excluding steroid dienone is 4. The van der Waals surface area contributed by atoms with E-state index in [1.165, 1.54) is 30.4 Å². The summed E-state index contributed by atoms with van der Waals surface area (Å²) in [6.07, 6.45) is 5.94. The van der Waals surface area contributed by atoms with Crippen LogP contribution in [0.4, 0.5) is 0 Å². The Morgan fingerprint density at radius 1 is 1.50 bits per heavy atom. The predicted molar refractivity (Wildman–Crippen MR) is 53.7 cm³/mol. The topological polar surface area (TPSA) is 26.0 Å². The molecule has 0 saturated heterocycles. The minimum Gasteiger partial charge on any atom is -0.402 e. The molecule has 1 aliphatic carbocycles. The zero-order chi connectivity index (χ0) is 9.14. The maximum absolute atomic E-state index is 6.01. The van der Waals surface area contributed by atoms with E-state index in [0.717, 1.165) is 5.70 Å². The molecular weight excluding hydrogens is 146 g/mol. The van der Waals surface area contributed by atoms with E-state index in [-0.39, 0.29) is 0 Å². The van der Waals surface area contributed by atoms with Gasteiger partial charge in [0.05, 0.1) is 0 Å². The monoisotopic (exact) mass is 165 g/mol. The highest BCUT2D eigenvalue weighted by atomic mass is 14.6. The largest absolute Gasteiger partial charge is 0.402 e. The summed E-state index contributed by atoms with van der Waals surface area (Å²) < 4.78 is 0. The third-order valence-corrected chi connectivity index (χ3v) is 2.45. The van der Waals surface area contributed by atoms with Crippen LogP contribution in [0.15, 0.2) is 22.9 Å². The fraction of sp³-hybridized carbons (Fsp3) is 0.636. The van der Waals surface area contributed by atoms with Gasteiger partial charge in [0.15, 0.2) is 0 Å². The average Bonchev–Trinajstić information content (AvgIpc) is 1.98. The second kappa shape index (κ2) is 3.79.